The summed E-state index contributed by atoms with van der Waals surface area (Å²) in [4.78, 5) is 0.106. The Bertz CT molecular complexity index is 727. The van der Waals surface area contributed by atoms with Gasteiger partial charge in [-0.3, -0.25) is 0 Å². The molecule has 0 bridgehead atoms. The smallest absolute Gasteiger partial charge is 0.240 e. The van der Waals surface area contributed by atoms with Crippen molar-refractivity contribution in [1.82, 2.24) is 4.72 Å². The van der Waals surface area contributed by atoms with Crippen LogP contribution in [0, 0.1) is 6.92 Å². The molecule has 2 aromatic rings. The highest BCUT2D eigenvalue weighted by molar-refractivity contribution is 7.89. The first-order valence-corrected chi connectivity index (χ1v) is 7.48. The molecule has 5 nitrogen and oxygen atoms in total. The molecule has 0 unspecified atom stereocenters. The lowest BCUT2D eigenvalue weighted by Crippen LogP contribution is -2.18. The van der Waals surface area contributed by atoms with E-state index in [0.717, 1.165) is 5.56 Å². The molecule has 3 N–H and O–H groups in total. The Labute approximate surface area is 118 Å². The highest BCUT2D eigenvalue weighted by Gasteiger charge is 2.13. The summed E-state index contributed by atoms with van der Waals surface area (Å²) in [7, 11) is -2.15. The standard InChI is InChI=1S/C14H16N2O3S/c1-10-4-3-5-11(8-10)19-14-7-6-12(9-13(14)15)20(17,18)16-2/h3-9,16H,15H2,1-2H3. The van der Waals surface area contributed by atoms with Crippen molar-refractivity contribution in [3.8, 4) is 11.5 Å². The molecule has 0 amide bonds. The zero-order valence-corrected chi connectivity index (χ0v) is 12.1. The summed E-state index contributed by atoms with van der Waals surface area (Å²) in [6, 6.07) is 11.9. The van der Waals surface area contributed by atoms with E-state index in [1.807, 2.05) is 31.2 Å². The maximum Gasteiger partial charge on any atom is 0.240 e. The number of nitrogens with two attached hydrogens (primary N) is 1. The van der Waals surface area contributed by atoms with E-state index in [9.17, 15) is 8.42 Å². The Morgan fingerprint density at radius 3 is 2.50 bits per heavy atom. The minimum Gasteiger partial charge on any atom is -0.455 e. The predicted molar refractivity (Wildman–Crippen MR) is 78.4 cm³/mol. The SMILES string of the molecule is CNS(=O)(=O)c1ccc(Oc2cccc(C)c2)c(N)c1. The van der Waals surface area contributed by atoms with Gasteiger partial charge >= 0.3 is 0 Å². The molecule has 0 aliphatic heterocycles. The van der Waals surface area contributed by atoms with E-state index in [-0.39, 0.29) is 10.6 Å². The van der Waals surface area contributed by atoms with Crippen molar-refractivity contribution in [3.63, 3.8) is 0 Å². The summed E-state index contributed by atoms with van der Waals surface area (Å²) >= 11 is 0. The lowest BCUT2D eigenvalue weighted by molar-refractivity contribution is 0.484. The van der Waals surface area contributed by atoms with Crippen LogP contribution < -0.4 is 15.2 Å². The van der Waals surface area contributed by atoms with Gasteiger partial charge in [0.15, 0.2) is 0 Å². The Morgan fingerprint density at radius 1 is 1.15 bits per heavy atom. The maximum atomic E-state index is 11.7. The molecule has 0 radical (unpaired) electrons. The average Bonchev–Trinajstić information content (AvgIpc) is 2.41. The van der Waals surface area contributed by atoms with Gasteiger partial charge in [0.05, 0.1) is 10.6 Å². The topological polar surface area (TPSA) is 81.4 Å². The molecule has 20 heavy (non-hydrogen) atoms. The van der Waals surface area contributed by atoms with E-state index in [2.05, 4.69) is 4.72 Å². The van der Waals surface area contributed by atoms with Crippen molar-refractivity contribution in [2.24, 2.45) is 0 Å². The number of sulfonamides is 1. The fraction of sp³-hybridized carbons (Fsp3) is 0.143. The third kappa shape index (κ3) is 3.09. The van der Waals surface area contributed by atoms with E-state index >= 15 is 0 Å². The molecule has 6 heteroatoms. The third-order valence-corrected chi connectivity index (χ3v) is 4.19. The zero-order valence-electron chi connectivity index (χ0n) is 11.3. The van der Waals surface area contributed by atoms with Crippen LogP contribution >= 0.6 is 0 Å². The summed E-state index contributed by atoms with van der Waals surface area (Å²) < 4.78 is 31.2. The monoisotopic (exact) mass is 292 g/mol. The summed E-state index contributed by atoms with van der Waals surface area (Å²) in [5, 5.41) is 0. The van der Waals surface area contributed by atoms with Crippen LogP contribution in [0.4, 0.5) is 5.69 Å². The van der Waals surface area contributed by atoms with E-state index in [0.29, 0.717) is 11.5 Å². The minimum absolute atomic E-state index is 0.106. The van der Waals surface area contributed by atoms with Crippen LogP contribution in [0.1, 0.15) is 5.56 Å². The number of ether oxygens (including phenoxy) is 1. The van der Waals surface area contributed by atoms with Gasteiger partial charge in [-0.25, -0.2) is 13.1 Å². The fourth-order valence-corrected chi connectivity index (χ4v) is 2.48. The quantitative estimate of drug-likeness (QED) is 0.847. The van der Waals surface area contributed by atoms with Gasteiger partial charge in [0.1, 0.15) is 11.5 Å². The molecule has 0 aliphatic carbocycles. The molecule has 0 aliphatic rings. The molecule has 0 fully saturated rings. The van der Waals surface area contributed by atoms with Crippen LogP contribution in [-0.4, -0.2) is 15.5 Å². The summed E-state index contributed by atoms with van der Waals surface area (Å²) in [5.41, 5.74) is 7.17. The molecular formula is C14H16N2O3S. The number of hydrogen-bond acceptors (Lipinski definition) is 4. The predicted octanol–water partition coefficient (Wildman–Crippen LogP) is 2.28. The number of hydrogen-bond donors (Lipinski definition) is 2. The van der Waals surface area contributed by atoms with Gasteiger partial charge in [0.2, 0.25) is 10.0 Å². The second kappa shape index (κ2) is 5.52. The number of benzene rings is 2. The van der Waals surface area contributed by atoms with Crippen LogP contribution in [0.2, 0.25) is 0 Å². The van der Waals surface area contributed by atoms with Crippen LogP contribution in [0.3, 0.4) is 0 Å². The van der Waals surface area contributed by atoms with E-state index in [1.54, 1.807) is 6.07 Å². The average molecular weight is 292 g/mol. The Hall–Kier alpha value is -2.05. The molecule has 0 atom stereocenters. The maximum absolute atomic E-state index is 11.7. The molecule has 0 aromatic heterocycles. The molecule has 2 aromatic carbocycles. The van der Waals surface area contributed by atoms with E-state index in [1.165, 1.54) is 19.2 Å². The molecule has 0 saturated heterocycles. The Morgan fingerprint density at radius 2 is 1.90 bits per heavy atom. The number of nitrogens with one attached hydrogen (secondary N) is 1. The summed E-state index contributed by atoms with van der Waals surface area (Å²) in [6.07, 6.45) is 0. The molecule has 2 rings (SSSR count). The number of rotatable bonds is 4. The van der Waals surface area contributed by atoms with Crippen molar-refractivity contribution >= 4 is 15.7 Å². The van der Waals surface area contributed by atoms with Crippen molar-refractivity contribution in [2.75, 3.05) is 12.8 Å². The van der Waals surface area contributed by atoms with Crippen LogP contribution in [-0.2, 0) is 10.0 Å². The van der Waals surface area contributed by atoms with E-state index in [4.69, 9.17) is 10.5 Å². The first-order chi connectivity index (χ1) is 9.42. The highest BCUT2D eigenvalue weighted by atomic mass is 32.2. The van der Waals surface area contributed by atoms with Crippen LogP contribution in [0.15, 0.2) is 47.4 Å². The second-order valence-electron chi connectivity index (χ2n) is 4.33. The first-order valence-electron chi connectivity index (χ1n) is 6.00. The van der Waals surface area contributed by atoms with Gasteiger partial charge in [-0.05, 0) is 49.9 Å². The van der Waals surface area contributed by atoms with Gasteiger partial charge < -0.3 is 10.5 Å². The molecule has 0 spiro atoms. The Kier molecular flexibility index (Phi) is 3.96. The van der Waals surface area contributed by atoms with Crippen molar-refractivity contribution < 1.29 is 13.2 Å². The number of anilines is 1. The van der Waals surface area contributed by atoms with Crippen LogP contribution in [0.25, 0.3) is 0 Å². The summed E-state index contributed by atoms with van der Waals surface area (Å²) in [6.45, 7) is 1.96. The second-order valence-corrected chi connectivity index (χ2v) is 6.21. The van der Waals surface area contributed by atoms with Crippen molar-refractivity contribution in [2.45, 2.75) is 11.8 Å². The highest BCUT2D eigenvalue weighted by Crippen LogP contribution is 2.29. The van der Waals surface area contributed by atoms with Gasteiger partial charge in [-0.2, -0.15) is 0 Å². The minimum atomic E-state index is -3.50. The molecular weight excluding hydrogens is 276 g/mol. The van der Waals surface area contributed by atoms with Gasteiger partial charge in [0, 0.05) is 0 Å². The fourth-order valence-electron chi connectivity index (χ4n) is 1.71. The largest absolute Gasteiger partial charge is 0.455 e. The van der Waals surface area contributed by atoms with Gasteiger partial charge in [0.25, 0.3) is 0 Å². The number of aryl methyl sites for hydroxylation is 1. The number of nitrogen functional groups attached to an aromatic ring is 1. The molecule has 0 heterocycles. The normalized spacial score (nSPS) is 11.3. The van der Waals surface area contributed by atoms with Crippen molar-refractivity contribution in [1.29, 1.82) is 0 Å². The first kappa shape index (κ1) is 14.4. The Balaban J connectivity index is 2.31. The zero-order chi connectivity index (χ0) is 14.8. The van der Waals surface area contributed by atoms with Crippen molar-refractivity contribution in [3.05, 3.63) is 48.0 Å². The third-order valence-electron chi connectivity index (χ3n) is 2.78. The van der Waals surface area contributed by atoms with Gasteiger partial charge in [-0.15, -0.1) is 0 Å². The molecule has 0 saturated carbocycles. The lowest BCUT2D eigenvalue weighted by atomic mass is 10.2. The lowest BCUT2D eigenvalue weighted by Gasteiger charge is -2.10. The summed E-state index contributed by atoms with van der Waals surface area (Å²) in [5.74, 6) is 1.08. The van der Waals surface area contributed by atoms with Crippen LogP contribution in [0.5, 0.6) is 11.5 Å². The van der Waals surface area contributed by atoms with Gasteiger partial charge in [-0.1, -0.05) is 12.1 Å². The van der Waals surface area contributed by atoms with E-state index < -0.39 is 10.0 Å². The molecule has 106 valence electrons.